The van der Waals surface area contributed by atoms with E-state index >= 15 is 0 Å². The van der Waals surface area contributed by atoms with Gasteiger partial charge in [0.1, 0.15) is 0 Å². The highest BCUT2D eigenvalue weighted by molar-refractivity contribution is 5.84. The number of hydrazine groups is 1. The molecule has 1 aromatic heterocycles. The van der Waals surface area contributed by atoms with E-state index in [1.807, 2.05) is 18.2 Å². The first kappa shape index (κ1) is 17.5. The number of hydrogen-bond acceptors (Lipinski definition) is 3. The van der Waals surface area contributed by atoms with Crippen molar-refractivity contribution in [1.29, 1.82) is 0 Å². The Morgan fingerprint density at radius 2 is 1.71 bits per heavy atom. The summed E-state index contributed by atoms with van der Waals surface area (Å²) in [7, 11) is 0. The van der Waals surface area contributed by atoms with Crippen molar-refractivity contribution in [1.82, 2.24) is 20.7 Å². The van der Waals surface area contributed by atoms with Gasteiger partial charge in [-0.25, -0.2) is 5.43 Å². The molecule has 3 aromatic rings. The average molecular weight is 374 g/mol. The van der Waals surface area contributed by atoms with Crippen molar-refractivity contribution in [3.8, 4) is 0 Å². The lowest BCUT2D eigenvalue weighted by molar-refractivity contribution is -0.136. The summed E-state index contributed by atoms with van der Waals surface area (Å²) in [6.45, 7) is 2.35. The summed E-state index contributed by atoms with van der Waals surface area (Å²) in [6.07, 6.45) is 4.21. The van der Waals surface area contributed by atoms with Gasteiger partial charge in [-0.2, -0.15) is 0 Å². The van der Waals surface area contributed by atoms with Gasteiger partial charge in [-0.1, -0.05) is 48.5 Å². The van der Waals surface area contributed by atoms with Crippen LogP contribution in [0.15, 0.2) is 60.8 Å². The maximum atomic E-state index is 13.2. The van der Waals surface area contributed by atoms with Gasteiger partial charge in [0.15, 0.2) is 0 Å². The van der Waals surface area contributed by atoms with E-state index in [4.69, 9.17) is 0 Å². The number of nitrogens with one attached hydrogen (secondary N) is 3. The lowest BCUT2D eigenvalue weighted by Crippen LogP contribution is -2.43. The molecule has 0 saturated carbocycles. The minimum absolute atomic E-state index is 0.0417. The molecule has 3 N–H and O–H groups in total. The summed E-state index contributed by atoms with van der Waals surface area (Å²) in [4.78, 5) is 18.7. The Kier molecular flexibility index (Phi) is 4.63. The molecule has 1 amide bonds. The summed E-state index contributed by atoms with van der Waals surface area (Å²) in [5.74, 6) is 0.737. The van der Waals surface area contributed by atoms with E-state index in [-0.39, 0.29) is 17.9 Å². The first-order chi connectivity index (χ1) is 13.8. The molecule has 2 unspecified atom stereocenters. The largest absolute Gasteiger partial charge is 0.361 e. The zero-order chi connectivity index (χ0) is 18.9. The lowest BCUT2D eigenvalue weighted by atomic mass is 9.87. The summed E-state index contributed by atoms with van der Waals surface area (Å²) in [5, 5.41) is 1.32. The molecule has 2 fully saturated rings. The molecule has 5 nitrogen and oxygen atoms in total. The lowest BCUT2D eigenvalue weighted by Gasteiger charge is -2.34. The number of benzene rings is 2. The van der Waals surface area contributed by atoms with E-state index in [1.165, 1.54) is 22.0 Å². The van der Waals surface area contributed by atoms with Gasteiger partial charge >= 0.3 is 0 Å². The van der Waals surface area contributed by atoms with Gasteiger partial charge in [-0.05, 0) is 36.0 Å². The molecule has 0 aliphatic carbocycles. The van der Waals surface area contributed by atoms with Crippen molar-refractivity contribution in [3.63, 3.8) is 0 Å². The van der Waals surface area contributed by atoms with Crippen LogP contribution in [0.1, 0.15) is 35.9 Å². The molecule has 2 saturated heterocycles. The second kappa shape index (κ2) is 7.41. The molecular formula is C23H26N4O. The number of aromatic nitrogens is 1. The van der Waals surface area contributed by atoms with E-state index in [1.54, 1.807) is 0 Å². The first-order valence-electron chi connectivity index (χ1n) is 10.2. The number of carbonyl (C=O) groups excluding carboxylic acids is 1. The van der Waals surface area contributed by atoms with Crippen LogP contribution in [0.5, 0.6) is 0 Å². The number of carbonyl (C=O) groups is 1. The highest BCUT2D eigenvalue weighted by atomic mass is 16.2. The van der Waals surface area contributed by atoms with E-state index in [0.29, 0.717) is 12.5 Å². The van der Waals surface area contributed by atoms with Crippen LogP contribution in [0.2, 0.25) is 0 Å². The third-order valence-electron chi connectivity index (χ3n) is 6.33. The van der Waals surface area contributed by atoms with Gasteiger partial charge in [0.05, 0.1) is 12.0 Å². The maximum Gasteiger partial charge on any atom is 0.229 e. The van der Waals surface area contributed by atoms with Crippen molar-refractivity contribution in [2.75, 3.05) is 19.6 Å². The quantitative estimate of drug-likeness (QED) is 0.659. The summed E-state index contributed by atoms with van der Waals surface area (Å²) in [5.41, 5.74) is 10.2. The van der Waals surface area contributed by atoms with E-state index in [9.17, 15) is 4.79 Å². The van der Waals surface area contributed by atoms with Gasteiger partial charge in [-0.3, -0.25) is 10.2 Å². The van der Waals surface area contributed by atoms with Crippen molar-refractivity contribution in [3.05, 3.63) is 71.9 Å². The van der Waals surface area contributed by atoms with Crippen molar-refractivity contribution < 1.29 is 4.79 Å². The molecule has 2 atom stereocenters. The van der Waals surface area contributed by atoms with Gasteiger partial charge in [0.2, 0.25) is 5.91 Å². The zero-order valence-corrected chi connectivity index (χ0v) is 15.9. The van der Waals surface area contributed by atoms with Crippen molar-refractivity contribution in [2.45, 2.75) is 24.8 Å². The monoisotopic (exact) mass is 374 g/mol. The summed E-state index contributed by atoms with van der Waals surface area (Å²) >= 11 is 0. The van der Waals surface area contributed by atoms with E-state index in [2.05, 4.69) is 63.3 Å². The standard InChI is InChI=1S/C23H26N4O/c28-23(20-15-25-26-22(20)17-6-2-1-3-7-17)27-12-10-16(11-13-27)19-14-24-21-9-5-4-8-18(19)21/h1-9,14,16,20,22,24-26H,10-13,15H2. The molecule has 0 spiro atoms. The van der Waals surface area contributed by atoms with Gasteiger partial charge in [-0.15, -0.1) is 0 Å². The molecule has 3 heterocycles. The molecule has 28 heavy (non-hydrogen) atoms. The molecule has 5 rings (SSSR count). The molecule has 2 aromatic carbocycles. The average Bonchev–Trinajstić information content (AvgIpc) is 3.41. The Bertz CT molecular complexity index is 959. The fourth-order valence-electron chi connectivity index (χ4n) is 4.78. The maximum absolute atomic E-state index is 13.2. The second-order valence-electron chi connectivity index (χ2n) is 7.91. The Labute approximate surface area is 165 Å². The van der Waals surface area contributed by atoms with Crippen LogP contribution in [-0.2, 0) is 4.79 Å². The molecule has 2 aliphatic rings. The summed E-state index contributed by atoms with van der Waals surface area (Å²) < 4.78 is 0. The number of H-pyrrole nitrogens is 1. The Morgan fingerprint density at radius 3 is 2.54 bits per heavy atom. The van der Waals surface area contributed by atoms with Gasteiger partial charge in [0.25, 0.3) is 0 Å². The number of hydrogen-bond donors (Lipinski definition) is 3. The highest BCUT2D eigenvalue weighted by Crippen LogP contribution is 2.34. The zero-order valence-electron chi connectivity index (χ0n) is 15.9. The minimum atomic E-state index is -0.0490. The molecular weight excluding hydrogens is 348 g/mol. The number of piperidine rings is 1. The van der Waals surface area contributed by atoms with Gasteiger partial charge in [0, 0.05) is 36.7 Å². The first-order valence-corrected chi connectivity index (χ1v) is 10.2. The van der Waals surface area contributed by atoms with Crippen molar-refractivity contribution >= 4 is 16.8 Å². The fourth-order valence-corrected chi connectivity index (χ4v) is 4.78. The van der Waals surface area contributed by atoms with Crippen LogP contribution in [0, 0.1) is 5.92 Å². The normalized spacial score (nSPS) is 23.4. The van der Waals surface area contributed by atoms with Crippen LogP contribution in [0.4, 0.5) is 0 Å². The van der Waals surface area contributed by atoms with Crippen LogP contribution in [-0.4, -0.2) is 35.4 Å². The van der Waals surface area contributed by atoms with Crippen LogP contribution >= 0.6 is 0 Å². The predicted octanol–water partition coefficient (Wildman–Crippen LogP) is 3.34. The summed E-state index contributed by atoms with van der Waals surface area (Å²) in [6, 6.07) is 18.8. The molecule has 5 heteroatoms. The predicted molar refractivity (Wildman–Crippen MR) is 111 cm³/mol. The number of para-hydroxylation sites is 1. The van der Waals surface area contributed by atoms with Crippen molar-refractivity contribution in [2.24, 2.45) is 5.92 Å². The number of likely N-dealkylation sites (tertiary alicyclic amines) is 1. The SMILES string of the molecule is O=C(C1CNNC1c1ccccc1)N1CCC(c2c[nH]c3ccccc23)CC1. The number of rotatable bonds is 3. The molecule has 0 bridgehead atoms. The minimum Gasteiger partial charge on any atom is -0.361 e. The fraction of sp³-hybridized carbons (Fsp3) is 0.348. The van der Waals surface area contributed by atoms with Gasteiger partial charge < -0.3 is 9.88 Å². The number of aromatic amines is 1. The molecule has 2 aliphatic heterocycles. The number of nitrogens with zero attached hydrogens (tertiary/aromatic N) is 1. The smallest absolute Gasteiger partial charge is 0.229 e. The third-order valence-corrected chi connectivity index (χ3v) is 6.33. The Morgan fingerprint density at radius 1 is 0.964 bits per heavy atom. The van der Waals surface area contributed by atoms with E-state index < -0.39 is 0 Å². The number of amides is 1. The van der Waals surface area contributed by atoms with Crippen LogP contribution < -0.4 is 10.9 Å². The third kappa shape index (κ3) is 3.11. The topological polar surface area (TPSA) is 60.2 Å². The van der Waals surface area contributed by atoms with Crippen LogP contribution in [0.25, 0.3) is 10.9 Å². The second-order valence-corrected chi connectivity index (χ2v) is 7.91. The number of fused-ring (bicyclic) bond motifs is 1. The van der Waals surface area contributed by atoms with Crippen LogP contribution in [0.3, 0.4) is 0 Å². The molecule has 0 radical (unpaired) electrons. The Hall–Kier alpha value is -2.63. The Balaban J connectivity index is 1.27. The molecule has 144 valence electrons. The highest BCUT2D eigenvalue weighted by Gasteiger charge is 2.37. The van der Waals surface area contributed by atoms with E-state index in [0.717, 1.165) is 25.9 Å².